The highest BCUT2D eigenvalue weighted by atomic mass is 32.1. The number of nitrogens with zero attached hydrogens (tertiary/aromatic N) is 3. The summed E-state index contributed by atoms with van der Waals surface area (Å²) in [4.78, 5) is 10.4. The zero-order valence-electron chi connectivity index (χ0n) is 15.9. The third-order valence-electron chi connectivity index (χ3n) is 4.72. The molecule has 27 heavy (non-hydrogen) atoms. The molecule has 0 amide bonds. The average Bonchev–Trinajstić information content (AvgIpc) is 3.24. The molecule has 3 aromatic heterocycles. The van der Waals surface area contributed by atoms with Crippen LogP contribution in [-0.2, 0) is 13.0 Å². The maximum Gasteiger partial charge on any atom is 0.0951 e. The molecule has 0 spiro atoms. The van der Waals surface area contributed by atoms with Crippen LogP contribution in [0.3, 0.4) is 0 Å². The lowest BCUT2D eigenvalue weighted by Gasteiger charge is -2.11. The molecule has 0 unspecified atom stereocenters. The number of imidazole rings is 1. The molecule has 0 bridgehead atoms. The van der Waals surface area contributed by atoms with Crippen LogP contribution in [0.15, 0.2) is 60.5 Å². The first-order valence-corrected chi connectivity index (χ1v) is 10.0. The van der Waals surface area contributed by atoms with Crippen molar-refractivity contribution in [2.24, 2.45) is 0 Å². The molecule has 0 aliphatic heterocycles. The summed E-state index contributed by atoms with van der Waals surface area (Å²) < 4.78 is 2.22. The lowest BCUT2D eigenvalue weighted by atomic mass is 10.1. The van der Waals surface area contributed by atoms with E-state index in [9.17, 15) is 0 Å². The monoisotopic (exact) mass is 373 g/mol. The fourth-order valence-electron chi connectivity index (χ4n) is 3.40. The van der Waals surface area contributed by atoms with Crippen molar-refractivity contribution in [3.05, 3.63) is 94.0 Å². The Bertz CT molecular complexity index is 1070. The summed E-state index contributed by atoms with van der Waals surface area (Å²) in [5.74, 6) is 0. The van der Waals surface area contributed by atoms with E-state index in [0.29, 0.717) is 0 Å². The highest BCUT2D eigenvalue weighted by Gasteiger charge is 2.09. The molecule has 0 fully saturated rings. The summed E-state index contributed by atoms with van der Waals surface area (Å²) >= 11 is 1.76. The van der Waals surface area contributed by atoms with E-state index in [0.717, 1.165) is 18.7 Å². The van der Waals surface area contributed by atoms with Gasteiger partial charge in [-0.1, -0.05) is 35.9 Å². The Labute approximate surface area is 164 Å². The van der Waals surface area contributed by atoms with Crippen LogP contribution < -0.4 is 0 Å². The Morgan fingerprint density at radius 2 is 1.85 bits per heavy atom. The number of pyridine rings is 1. The van der Waals surface area contributed by atoms with Crippen LogP contribution >= 0.6 is 11.3 Å². The Balaban J connectivity index is 1.55. The van der Waals surface area contributed by atoms with E-state index >= 15 is 0 Å². The Morgan fingerprint density at radius 3 is 2.59 bits per heavy atom. The van der Waals surface area contributed by atoms with Crippen LogP contribution in [0.25, 0.3) is 10.6 Å². The van der Waals surface area contributed by atoms with E-state index in [2.05, 4.69) is 72.1 Å². The molecule has 3 heterocycles. The summed E-state index contributed by atoms with van der Waals surface area (Å²) in [6.07, 6.45) is 6.76. The Kier molecular flexibility index (Phi) is 4.90. The number of hydrogen-bond acceptors (Lipinski definition) is 3. The quantitative estimate of drug-likeness (QED) is 0.458. The van der Waals surface area contributed by atoms with Crippen molar-refractivity contribution in [2.75, 3.05) is 0 Å². The first-order chi connectivity index (χ1) is 13.1. The van der Waals surface area contributed by atoms with E-state index in [4.69, 9.17) is 4.98 Å². The maximum absolute atomic E-state index is 4.74. The van der Waals surface area contributed by atoms with Gasteiger partial charge in [0.2, 0.25) is 0 Å². The molecule has 136 valence electrons. The fourth-order valence-corrected chi connectivity index (χ4v) is 4.36. The van der Waals surface area contributed by atoms with Gasteiger partial charge in [-0.3, -0.25) is 4.98 Å². The predicted molar refractivity (Wildman–Crippen MR) is 112 cm³/mol. The van der Waals surface area contributed by atoms with E-state index in [-0.39, 0.29) is 0 Å². The van der Waals surface area contributed by atoms with Crippen molar-refractivity contribution in [2.45, 2.75) is 33.7 Å². The smallest absolute Gasteiger partial charge is 0.0951 e. The molecule has 4 aromatic rings. The molecule has 1 aromatic carbocycles. The number of hydrogen-bond donors (Lipinski definition) is 0. The average molecular weight is 374 g/mol. The molecule has 0 atom stereocenters. The second-order valence-electron chi connectivity index (χ2n) is 7.18. The van der Waals surface area contributed by atoms with Crippen molar-refractivity contribution < 1.29 is 0 Å². The summed E-state index contributed by atoms with van der Waals surface area (Å²) in [6, 6.07) is 13.1. The number of thiophene rings is 1. The molecule has 4 heteroatoms. The molecular formula is C23H23N3S. The Morgan fingerprint density at radius 1 is 0.963 bits per heavy atom. The summed E-state index contributed by atoms with van der Waals surface area (Å²) in [6.45, 7) is 7.19. The standard InChI is InChI=1S/C23H23N3S/c1-16-5-4-6-19(7-16)10-21-12-24-15-26(21)13-20-9-18(3)23(25-11-20)22-8-17(2)14-27-22/h4-9,11-12,14-15H,10,13H2,1-3H3. The molecule has 0 saturated heterocycles. The normalized spacial score (nSPS) is 11.1. The van der Waals surface area contributed by atoms with E-state index in [1.165, 1.54) is 38.4 Å². The number of aromatic nitrogens is 3. The first-order valence-electron chi connectivity index (χ1n) is 9.14. The molecule has 3 nitrogen and oxygen atoms in total. The SMILES string of the molecule is Cc1cccc(Cc2cncn2Cc2cnc(-c3cc(C)cs3)c(C)c2)c1. The van der Waals surface area contributed by atoms with Crippen LogP contribution in [0.5, 0.6) is 0 Å². The first kappa shape index (κ1) is 17.7. The number of aryl methyl sites for hydroxylation is 3. The lowest BCUT2D eigenvalue weighted by molar-refractivity contribution is 0.750. The largest absolute Gasteiger partial charge is 0.330 e. The minimum atomic E-state index is 0.790. The van der Waals surface area contributed by atoms with Crippen LogP contribution in [0, 0.1) is 20.8 Å². The van der Waals surface area contributed by atoms with Crippen LogP contribution in [-0.4, -0.2) is 14.5 Å². The van der Waals surface area contributed by atoms with Gasteiger partial charge in [0.1, 0.15) is 0 Å². The molecule has 0 N–H and O–H groups in total. The van der Waals surface area contributed by atoms with E-state index in [1.54, 1.807) is 11.3 Å². The highest BCUT2D eigenvalue weighted by molar-refractivity contribution is 7.13. The lowest BCUT2D eigenvalue weighted by Crippen LogP contribution is -2.05. The van der Waals surface area contributed by atoms with Crippen LogP contribution in [0.1, 0.15) is 33.5 Å². The van der Waals surface area contributed by atoms with Crippen molar-refractivity contribution in [1.29, 1.82) is 0 Å². The predicted octanol–water partition coefficient (Wildman–Crippen LogP) is 5.57. The van der Waals surface area contributed by atoms with Crippen molar-refractivity contribution in [3.8, 4) is 10.6 Å². The molecular weight excluding hydrogens is 350 g/mol. The van der Waals surface area contributed by atoms with Gasteiger partial charge in [-0.2, -0.15) is 0 Å². The summed E-state index contributed by atoms with van der Waals surface area (Å²) in [5.41, 5.74) is 8.62. The zero-order valence-corrected chi connectivity index (χ0v) is 16.8. The number of rotatable bonds is 5. The maximum atomic E-state index is 4.74. The van der Waals surface area contributed by atoms with Gasteiger partial charge in [0, 0.05) is 24.5 Å². The topological polar surface area (TPSA) is 30.7 Å². The minimum absolute atomic E-state index is 0.790. The number of benzene rings is 1. The zero-order chi connectivity index (χ0) is 18.8. The second kappa shape index (κ2) is 7.49. The van der Waals surface area contributed by atoms with Crippen LogP contribution in [0.2, 0.25) is 0 Å². The van der Waals surface area contributed by atoms with Gasteiger partial charge in [0.25, 0.3) is 0 Å². The van der Waals surface area contributed by atoms with E-state index in [1.807, 2.05) is 18.7 Å². The molecule has 0 radical (unpaired) electrons. The second-order valence-corrected chi connectivity index (χ2v) is 8.09. The molecule has 0 aliphatic rings. The van der Waals surface area contributed by atoms with Gasteiger partial charge in [-0.25, -0.2) is 4.98 Å². The molecule has 0 aliphatic carbocycles. The fraction of sp³-hybridized carbons (Fsp3) is 0.217. The Hall–Kier alpha value is -2.72. The van der Waals surface area contributed by atoms with Gasteiger partial charge in [-0.05, 0) is 54.5 Å². The van der Waals surface area contributed by atoms with Crippen molar-refractivity contribution in [1.82, 2.24) is 14.5 Å². The van der Waals surface area contributed by atoms with Gasteiger partial charge >= 0.3 is 0 Å². The van der Waals surface area contributed by atoms with Gasteiger partial charge in [0.05, 0.1) is 23.4 Å². The van der Waals surface area contributed by atoms with E-state index < -0.39 is 0 Å². The third-order valence-corrected chi connectivity index (χ3v) is 5.77. The van der Waals surface area contributed by atoms with Crippen LogP contribution in [0.4, 0.5) is 0 Å². The highest BCUT2D eigenvalue weighted by Crippen LogP contribution is 2.28. The van der Waals surface area contributed by atoms with Gasteiger partial charge in [-0.15, -0.1) is 11.3 Å². The molecule has 0 saturated carbocycles. The molecule has 4 rings (SSSR count). The summed E-state index contributed by atoms with van der Waals surface area (Å²) in [5, 5.41) is 2.17. The van der Waals surface area contributed by atoms with Gasteiger partial charge in [0.15, 0.2) is 0 Å². The third kappa shape index (κ3) is 4.01. The summed E-state index contributed by atoms with van der Waals surface area (Å²) in [7, 11) is 0. The van der Waals surface area contributed by atoms with Gasteiger partial charge < -0.3 is 4.57 Å². The minimum Gasteiger partial charge on any atom is -0.330 e. The van der Waals surface area contributed by atoms with Crippen molar-refractivity contribution in [3.63, 3.8) is 0 Å². The van der Waals surface area contributed by atoms with Crippen molar-refractivity contribution >= 4 is 11.3 Å².